The number of hydrogen-bond acceptors (Lipinski definition) is 3. The minimum absolute atomic E-state index is 0.0548. The van der Waals surface area contributed by atoms with Crippen molar-refractivity contribution >= 4 is 5.69 Å². The Morgan fingerprint density at radius 2 is 1.86 bits per heavy atom. The normalized spacial score (nSPS) is 13.5. The summed E-state index contributed by atoms with van der Waals surface area (Å²) in [5.74, 6) is 0.0548. The Bertz CT molecular complexity index is 433. The Hall–Kier alpha value is -1.53. The molecule has 0 aliphatic carbocycles. The maximum absolute atomic E-state index is 8.97. The summed E-state index contributed by atoms with van der Waals surface area (Å²) in [4.78, 5) is 2.26. The summed E-state index contributed by atoms with van der Waals surface area (Å²) in [6, 6.07) is 11.5. The van der Waals surface area contributed by atoms with Crippen LogP contribution in [0.5, 0.6) is 0 Å². The number of hydrogen-bond donors (Lipinski definition) is 1. The molecule has 3 nitrogen and oxygen atoms in total. The first-order valence-electron chi connectivity index (χ1n) is 8.14. The van der Waals surface area contributed by atoms with Gasteiger partial charge in [0.2, 0.25) is 0 Å². The monoisotopic (exact) mass is 287 g/mol. The maximum Gasteiger partial charge on any atom is 0.0671 e. The van der Waals surface area contributed by atoms with E-state index in [2.05, 4.69) is 61.3 Å². The lowest BCUT2D eigenvalue weighted by Gasteiger charge is -2.25. The first kappa shape index (κ1) is 17.5. The van der Waals surface area contributed by atoms with Gasteiger partial charge in [0.1, 0.15) is 0 Å². The van der Waals surface area contributed by atoms with Crippen molar-refractivity contribution in [2.24, 2.45) is 5.92 Å². The van der Waals surface area contributed by atoms with Crippen LogP contribution < -0.4 is 10.2 Å². The van der Waals surface area contributed by atoms with E-state index in [1.54, 1.807) is 0 Å². The molecule has 0 saturated heterocycles. The first-order valence-corrected chi connectivity index (χ1v) is 8.14. The van der Waals surface area contributed by atoms with Gasteiger partial charge in [-0.15, -0.1) is 0 Å². The van der Waals surface area contributed by atoms with Crippen molar-refractivity contribution < 1.29 is 0 Å². The highest BCUT2D eigenvalue weighted by Gasteiger charge is 2.11. The molecule has 2 unspecified atom stereocenters. The number of rotatable bonds is 9. The Morgan fingerprint density at radius 3 is 2.33 bits per heavy atom. The molecule has 0 spiro atoms. The van der Waals surface area contributed by atoms with E-state index in [0.29, 0.717) is 6.04 Å². The molecule has 0 aliphatic rings. The smallest absolute Gasteiger partial charge is 0.0671 e. The largest absolute Gasteiger partial charge is 0.371 e. The van der Waals surface area contributed by atoms with Crippen LogP contribution >= 0.6 is 0 Å². The van der Waals surface area contributed by atoms with Gasteiger partial charge in [-0.1, -0.05) is 26.0 Å². The molecule has 0 amide bonds. The lowest BCUT2D eigenvalue weighted by molar-refractivity contribution is 0.518. The quantitative estimate of drug-likeness (QED) is 0.742. The molecule has 116 valence electrons. The zero-order valence-electron chi connectivity index (χ0n) is 13.9. The molecule has 0 radical (unpaired) electrons. The second-order valence-corrected chi connectivity index (χ2v) is 5.58. The SMILES string of the molecule is CCCNC(CC)c1ccc(N(CC)CC(C)C#N)cc1. The van der Waals surface area contributed by atoms with Gasteiger partial charge in [0, 0.05) is 24.8 Å². The van der Waals surface area contributed by atoms with E-state index in [-0.39, 0.29) is 5.92 Å². The average Bonchev–Trinajstić information content (AvgIpc) is 2.53. The summed E-state index contributed by atoms with van der Waals surface area (Å²) in [6.45, 7) is 11.3. The Kier molecular flexibility index (Phi) is 7.85. The zero-order chi connectivity index (χ0) is 15.7. The van der Waals surface area contributed by atoms with Gasteiger partial charge in [0.05, 0.1) is 12.0 Å². The van der Waals surface area contributed by atoms with Crippen molar-refractivity contribution in [2.45, 2.75) is 46.6 Å². The molecule has 0 heterocycles. The molecular formula is C18H29N3. The van der Waals surface area contributed by atoms with Crippen molar-refractivity contribution in [3.05, 3.63) is 29.8 Å². The lowest BCUT2D eigenvalue weighted by Crippen LogP contribution is -2.27. The van der Waals surface area contributed by atoms with Gasteiger partial charge >= 0.3 is 0 Å². The van der Waals surface area contributed by atoms with Crippen molar-refractivity contribution in [3.8, 4) is 6.07 Å². The van der Waals surface area contributed by atoms with Crippen LogP contribution in [0.15, 0.2) is 24.3 Å². The summed E-state index contributed by atoms with van der Waals surface area (Å²) >= 11 is 0. The van der Waals surface area contributed by atoms with E-state index in [9.17, 15) is 0 Å². The van der Waals surface area contributed by atoms with Gasteiger partial charge in [-0.2, -0.15) is 5.26 Å². The topological polar surface area (TPSA) is 39.1 Å². The highest BCUT2D eigenvalue weighted by molar-refractivity contribution is 5.48. The van der Waals surface area contributed by atoms with E-state index in [1.165, 1.54) is 11.3 Å². The Labute approximate surface area is 130 Å². The molecule has 1 N–H and O–H groups in total. The standard InChI is InChI=1S/C18H29N3/c1-5-12-20-18(6-2)16-8-10-17(11-9-16)21(7-3)14-15(4)13-19/h8-11,15,18,20H,5-7,12,14H2,1-4H3. The van der Waals surface area contributed by atoms with Crippen LogP contribution in [0.2, 0.25) is 0 Å². The first-order chi connectivity index (χ1) is 10.2. The summed E-state index contributed by atoms with van der Waals surface area (Å²) in [5, 5.41) is 12.6. The van der Waals surface area contributed by atoms with Crippen LogP contribution in [0, 0.1) is 17.2 Å². The predicted molar refractivity (Wildman–Crippen MR) is 90.4 cm³/mol. The van der Waals surface area contributed by atoms with Gasteiger partial charge in [-0.05, 0) is 50.9 Å². The van der Waals surface area contributed by atoms with Gasteiger partial charge in [0.25, 0.3) is 0 Å². The average molecular weight is 287 g/mol. The van der Waals surface area contributed by atoms with Gasteiger partial charge in [-0.3, -0.25) is 0 Å². The summed E-state index contributed by atoms with van der Waals surface area (Å²) in [7, 11) is 0. The van der Waals surface area contributed by atoms with Crippen LogP contribution in [0.3, 0.4) is 0 Å². The van der Waals surface area contributed by atoms with E-state index in [0.717, 1.165) is 32.5 Å². The van der Waals surface area contributed by atoms with Crippen LogP contribution in [0.4, 0.5) is 5.69 Å². The van der Waals surface area contributed by atoms with E-state index >= 15 is 0 Å². The van der Waals surface area contributed by atoms with Crippen molar-refractivity contribution in [3.63, 3.8) is 0 Å². The number of nitrogens with one attached hydrogen (secondary N) is 1. The number of benzene rings is 1. The van der Waals surface area contributed by atoms with Crippen molar-refractivity contribution in [1.29, 1.82) is 5.26 Å². The molecule has 1 aromatic carbocycles. The third-order valence-corrected chi connectivity index (χ3v) is 3.81. The van der Waals surface area contributed by atoms with E-state index in [4.69, 9.17) is 5.26 Å². The molecule has 0 aromatic heterocycles. The number of nitriles is 1. The molecule has 0 fully saturated rings. The number of nitrogens with zero attached hydrogens (tertiary/aromatic N) is 2. The van der Waals surface area contributed by atoms with E-state index in [1.807, 2.05) is 6.92 Å². The van der Waals surface area contributed by atoms with Gasteiger partial charge < -0.3 is 10.2 Å². The molecule has 1 aromatic rings. The summed E-state index contributed by atoms with van der Waals surface area (Å²) in [6.07, 6.45) is 2.26. The van der Waals surface area contributed by atoms with Crippen LogP contribution in [-0.2, 0) is 0 Å². The highest BCUT2D eigenvalue weighted by Crippen LogP contribution is 2.22. The molecule has 0 saturated carbocycles. The summed E-state index contributed by atoms with van der Waals surface area (Å²) in [5.41, 5.74) is 2.55. The molecular weight excluding hydrogens is 258 g/mol. The minimum Gasteiger partial charge on any atom is -0.371 e. The second kappa shape index (κ2) is 9.41. The molecule has 2 atom stereocenters. The highest BCUT2D eigenvalue weighted by atomic mass is 15.1. The minimum atomic E-state index is 0.0548. The molecule has 21 heavy (non-hydrogen) atoms. The Balaban J connectivity index is 2.77. The fourth-order valence-corrected chi connectivity index (χ4v) is 2.52. The number of anilines is 1. The Morgan fingerprint density at radius 1 is 1.19 bits per heavy atom. The molecule has 3 heteroatoms. The maximum atomic E-state index is 8.97. The van der Waals surface area contributed by atoms with Crippen molar-refractivity contribution in [1.82, 2.24) is 5.32 Å². The van der Waals surface area contributed by atoms with Gasteiger partial charge in [0.15, 0.2) is 0 Å². The van der Waals surface area contributed by atoms with Crippen LogP contribution in [0.25, 0.3) is 0 Å². The molecule has 0 bridgehead atoms. The third kappa shape index (κ3) is 5.40. The second-order valence-electron chi connectivity index (χ2n) is 5.58. The van der Waals surface area contributed by atoms with Crippen LogP contribution in [0.1, 0.15) is 52.1 Å². The fourth-order valence-electron chi connectivity index (χ4n) is 2.52. The van der Waals surface area contributed by atoms with Crippen LogP contribution in [-0.4, -0.2) is 19.6 Å². The molecule has 1 rings (SSSR count). The van der Waals surface area contributed by atoms with Crippen molar-refractivity contribution in [2.75, 3.05) is 24.5 Å². The predicted octanol–water partition coefficient (Wildman–Crippen LogP) is 4.12. The van der Waals surface area contributed by atoms with Gasteiger partial charge in [-0.25, -0.2) is 0 Å². The molecule has 0 aliphatic heterocycles. The summed E-state index contributed by atoms with van der Waals surface area (Å²) < 4.78 is 0. The fraction of sp³-hybridized carbons (Fsp3) is 0.611. The van der Waals surface area contributed by atoms with E-state index < -0.39 is 0 Å². The zero-order valence-corrected chi connectivity index (χ0v) is 13.9. The third-order valence-electron chi connectivity index (χ3n) is 3.81. The lowest BCUT2D eigenvalue weighted by atomic mass is 10.0.